The Morgan fingerprint density at radius 2 is 1.56 bits per heavy atom. The van der Waals surface area contributed by atoms with Crippen molar-refractivity contribution < 1.29 is 32.5 Å². The average molecular weight is 461 g/mol. The molecule has 184 valence electrons. The monoisotopic (exact) mass is 460 g/mol. The minimum atomic E-state index is -4.83. The van der Waals surface area contributed by atoms with Gasteiger partial charge < -0.3 is 14.6 Å². The Morgan fingerprint density at radius 1 is 1.06 bits per heavy atom. The van der Waals surface area contributed by atoms with Crippen LogP contribution < -0.4 is 0 Å². The number of carbonyl (C=O) groups excluding carboxylic acids is 1. The Labute approximate surface area is 189 Å². The molecule has 4 nitrogen and oxygen atoms in total. The lowest BCUT2D eigenvalue weighted by Gasteiger charge is -2.67. The summed E-state index contributed by atoms with van der Waals surface area (Å²) in [5.74, 6) is 0.296. The molecule has 32 heavy (non-hydrogen) atoms. The van der Waals surface area contributed by atoms with Gasteiger partial charge in [-0.2, -0.15) is 13.2 Å². The second kappa shape index (κ2) is 7.72. The molecule has 3 unspecified atom stereocenters. The summed E-state index contributed by atoms with van der Waals surface area (Å²) in [5.41, 5.74) is -6.41. The topological polar surface area (TPSA) is 55.8 Å². The molecule has 4 fully saturated rings. The molecule has 0 aromatic rings. The Morgan fingerprint density at radius 3 is 1.97 bits per heavy atom. The number of ether oxygens (including phenoxy) is 2. The number of halogens is 3. The van der Waals surface area contributed by atoms with Gasteiger partial charge in [0.05, 0.1) is 5.60 Å². The number of hydrogen-bond donors (Lipinski definition) is 1. The highest BCUT2D eigenvalue weighted by Gasteiger charge is 2.68. The van der Waals surface area contributed by atoms with Gasteiger partial charge in [0.15, 0.2) is 5.60 Å². The molecule has 4 aliphatic carbocycles. The van der Waals surface area contributed by atoms with Gasteiger partial charge in [-0.25, -0.2) is 4.79 Å². The van der Waals surface area contributed by atoms with Gasteiger partial charge in [-0.15, -0.1) is 0 Å². The van der Waals surface area contributed by atoms with E-state index in [-0.39, 0.29) is 0 Å². The number of hydrogen-bond acceptors (Lipinski definition) is 4. The molecule has 0 aromatic carbocycles. The van der Waals surface area contributed by atoms with Crippen LogP contribution in [-0.2, 0) is 14.3 Å². The quantitative estimate of drug-likeness (QED) is 0.351. The number of carbonyl (C=O) groups is 1. The summed E-state index contributed by atoms with van der Waals surface area (Å²) < 4.78 is 53.8. The molecule has 0 heterocycles. The standard InChI is InChI=1S/C25H39F3O4/c1-8-24(9-2,32-20(5,6)21(7,30)25(26,27)28)22-11-17-10-18(12-22)14-23(13-17,15-22)31-19(29)16(3)4/h17-18,30H,3,8-15H2,1-2,4-7H3. The van der Waals surface area contributed by atoms with Crippen LogP contribution in [0.2, 0.25) is 0 Å². The van der Waals surface area contributed by atoms with E-state index in [2.05, 4.69) is 6.58 Å². The summed E-state index contributed by atoms with van der Waals surface area (Å²) in [5, 5.41) is 10.5. The van der Waals surface area contributed by atoms with Crippen molar-refractivity contribution >= 4 is 5.97 Å². The van der Waals surface area contributed by atoms with E-state index in [0.717, 1.165) is 39.0 Å². The molecule has 1 N–H and O–H groups in total. The van der Waals surface area contributed by atoms with Crippen LogP contribution in [0.5, 0.6) is 0 Å². The average Bonchev–Trinajstić information content (AvgIpc) is 2.63. The maximum absolute atomic E-state index is 13.8. The van der Waals surface area contributed by atoms with Gasteiger partial charge in [0.1, 0.15) is 11.2 Å². The van der Waals surface area contributed by atoms with Gasteiger partial charge in [-0.1, -0.05) is 20.4 Å². The number of rotatable bonds is 8. The molecule has 4 saturated carbocycles. The number of esters is 1. The van der Waals surface area contributed by atoms with E-state index < -0.39 is 40.0 Å². The van der Waals surface area contributed by atoms with E-state index in [0.29, 0.717) is 36.7 Å². The van der Waals surface area contributed by atoms with Crippen LogP contribution in [0.3, 0.4) is 0 Å². The SMILES string of the molecule is C=C(C)C(=O)OC12CC3CC(C1)CC(C(CC)(CC)OC(C)(C)C(C)(O)C(F)(F)F)(C3)C2. The lowest BCUT2D eigenvalue weighted by atomic mass is 9.43. The first-order valence-corrected chi connectivity index (χ1v) is 11.9. The molecule has 7 heteroatoms. The van der Waals surface area contributed by atoms with Crippen LogP contribution in [0.4, 0.5) is 13.2 Å². The first-order chi connectivity index (χ1) is 14.5. The van der Waals surface area contributed by atoms with Crippen molar-refractivity contribution in [3.8, 4) is 0 Å². The zero-order valence-corrected chi connectivity index (χ0v) is 20.3. The van der Waals surface area contributed by atoms with Crippen LogP contribution in [0.15, 0.2) is 12.2 Å². The molecule has 4 rings (SSSR count). The van der Waals surface area contributed by atoms with Crippen molar-refractivity contribution in [1.29, 1.82) is 0 Å². The fourth-order valence-electron chi connectivity index (χ4n) is 7.30. The summed E-state index contributed by atoms with van der Waals surface area (Å²) in [6.45, 7) is 12.7. The number of alkyl halides is 3. The van der Waals surface area contributed by atoms with E-state index in [4.69, 9.17) is 9.47 Å². The van der Waals surface area contributed by atoms with Crippen LogP contribution in [0.25, 0.3) is 0 Å². The minimum absolute atomic E-state index is 0.349. The van der Waals surface area contributed by atoms with E-state index >= 15 is 0 Å². The first-order valence-electron chi connectivity index (χ1n) is 11.9. The van der Waals surface area contributed by atoms with Gasteiger partial charge in [0.2, 0.25) is 0 Å². The van der Waals surface area contributed by atoms with Crippen molar-refractivity contribution in [1.82, 2.24) is 0 Å². The largest absolute Gasteiger partial charge is 0.456 e. The van der Waals surface area contributed by atoms with E-state index in [1.54, 1.807) is 6.92 Å². The summed E-state index contributed by atoms with van der Waals surface area (Å²) >= 11 is 0. The highest BCUT2D eigenvalue weighted by Crippen LogP contribution is 2.68. The maximum Gasteiger partial charge on any atom is 0.419 e. The zero-order valence-electron chi connectivity index (χ0n) is 20.3. The molecular weight excluding hydrogens is 421 g/mol. The minimum Gasteiger partial charge on any atom is -0.456 e. The summed E-state index contributed by atoms with van der Waals surface area (Å²) in [6.07, 6.45) is 1.12. The maximum atomic E-state index is 13.8. The molecule has 4 aliphatic rings. The molecule has 4 bridgehead atoms. The first kappa shape index (κ1) is 25.5. The predicted molar refractivity (Wildman–Crippen MR) is 116 cm³/mol. The van der Waals surface area contributed by atoms with Gasteiger partial charge in [0.25, 0.3) is 0 Å². The Bertz CT molecular complexity index is 750. The second-order valence-electron chi connectivity index (χ2n) is 11.5. The fraction of sp³-hybridized carbons (Fsp3) is 0.880. The molecule has 0 amide bonds. The van der Waals surface area contributed by atoms with Crippen LogP contribution >= 0.6 is 0 Å². The van der Waals surface area contributed by atoms with Crippen LogP contribution in [0.1, 0.15) is 92.9 Å². The Balaban J connectivity index is 2.02. The summed E-state index contributed by atoms with van der Waals surface area (Å²) in [6, 6.07) is 0. The molecule has 3 atom stereocenters. The van der Waals surface area contributed by atoms with Crippen molar-refractivity contribution in [2.24, 2.45) is 17.3 Å². The lowest BCUT2D eigenvalue weighted by molar-refractivity contribution is -0.352. The van der Waals surface area contributed by atoms with E-state index in [1.165, 1.54) is 13.8 Å². The smallest absolute Gasteiger partial charge is 0.419 e. The van der Waals surface area contributed by atoms with E-state index in [1.807, 2.05) is 13.8 Å². The van der Waals surface area contributed by atoms with Gasteiger partial charge in [-0.3, -0.25) is 0 Å². The third kappa shape index (κ3) is 3.81. The molecule has 0 aromatic heterocycles. The van der Waals surface area contributed by atoms with Gasteiger partial charge >= 0.3 is 12.1 Å². The van der Waals surface area contributed by atoms with Crippen LogP contribution in [-0.4, -0.2) is 39.7 Å². The molecule has 0 radical (unpaired) electrons. The second-order valence-corrected chi connectivity index (χ2v) is 11.5. The van der Waals surface area contributed by atoms with Crippen molar-refractivity contribution in [2.45, 2.75) is 121 Å². The zero-order chi connectivity index (χ0) is 24.4. The molecule has 0 aliphatic heterocycles. The lowest BCUT2D eigenvalue weighted by Crippen LogP contribution is -2.69. The third-order valence-corrected chi connectivity index (χ3v) is 8.95. The van der Waals surface area contributed by atoms with Gasteiger partial charge in [0, 0.05) is 11.0 Å². The van der Waals surface area contributed by atoms with Crippen molar-refractivity contribution in [2.75, 3.05) is 0 Å². The summed E-state index contributed by atoms with van der Waals surface area (Å²) in [4.78, 5) is 12.5. The summed E-state index contributed by atoms with van der Waals surface area (Å²) in [7, 11) is 0. The van der Waals surface area contributed by atoms with E-state index in [9.17, 15) is 23.1 Å². The molecular formula is C25H39F3O4. The van der Waals surface area contributed by atoms with Crippen molar-refractivity contribution in [3.05, 3.63) is 12.2 Å². The normalized spacial score (nSPS) is 34.3. The Hall–Kier alpha value is -1.08. The Kier molecular flexibility index (Phi) is 6.16. The van der Waals surface area contributed by atoms with Crippen molar-refractivity contribution in [3.63, 3.8) is 0 Å². The molecule has 0 spiro atoms. The van der Waals surface area contributed by atoms with Crippen LogP contribution in [0, 0.1) is 17.3 Å². The molecule has 0 saturated heterocycles. The highest BCUT2D eigenvalue weighted by atomic mass is 19.4. The fourth-order valence-corrected chi connectivity index (χ4v) is 7.30. The van der Waals surface area contributed by atoms with Gasteiger partial charge in [-0.05, 0) is 90.9 Å². The highest BCUT2D eigenvalue weighted by molar-refractivity contribution is 5.87. The predicted octanol–water partition coefficient (Wildman–Crippen LogP) is 6.11. The third-order valence-electron chi connectivity index (χ3n) is 8.95. The number of aliphatic hydroxyl groups is 1.